The van der Waals surface area contributed by atoms with Gasteiger partial charge in [-0.05, 0) is 32.1 Å². The third-order valence-electron chi connectivity index (χ3n) is 3.50. The maximum absolute atomic E-state index is 11.7. The van der Waals surface area contributed by atoms with E-state index in [0.29, 0.717) is 12.6 Å². The molecule has 0 aromatic rings. The molecule has 1 fully saturated rings. The molecule has 0 heterocycles. The topological polar surface area (TPSA) is 41.1 Å². The van der Waals surface area contributed by atoms with Gasteiger partial charge in [-0.1, -0.05) is 25.7 Å². The lowest BCUT2D eigenvalue weighted by Crippen LogP contribution is -2.46. The third kappa shape index (κ3) is 5.23. The van der Waals surface area contributed by atoms with Gasteiger partial charge in [0.25, 0.3) is 0 Å². The summed E-state index contributed by atoms with van der Waals surface area (Å²) in [5.74, 6) is 3.24. The van der Waals surface area contributed by atoms with E-state index in [-0.39, 0.29) is 11.9 Å². The van der Waals surface area contributed by atoms with Crippen molar-refractivity contribution in [1.29, 1.82) is 0 Å². The van der Waals surface area contributed by atoms with Crippen LogP contribution in [0.3, 0.4) is 0 Å². The summed E-state index contributed by atoms with van der Waals surface area (Å²) in [7, 11) is 0. The van der Waals surface area contributed by atoms with E-state index in [1.165, 1.54) is 32.1 Å². The number of rotatable bonds is 4. The molecule has 0 aromatic carbocycles. The SMILES string of the molecule is C#CCNC(=O)C(C)NC1CCCC(C)CC1. The highest BCUT2D eigenvalue weighted by atomic mass is 16.2. The van der Waals surface area contributed by atoms with Gasteiger partial charge in [-0.2, -0.15) is 0 Å². The number of nitrogens with one attached hydrogen (secondary N) is 2. The minimum absolute atomic E-state index is 0.000227. The first-order chi connectivity index (χ1) is 8.13. The molecule has 3 heteroatoms. The van der Waals surface area contributed by atoms with Crippen molar-refractivity contribution < 1.29 is 4.79 Å². The van der Waals surface area contributed by atoms with Gasteiger partial charge in [0.2, 0.25) is 5.91 Å². The van der Waals surface area contributed by atoms with E-state index in [2.05, 4.69) is 23.5 Å². The second kappa shape index (κ2) is 7.34. The normalized spacial score (nSPS) is 26.6. The fourth-order valence-corrected chi connectivity index (χ4v) is 2.37. The number of amides is 1. The molecule has 1 amide bonds. The van der Waals surface area contributed by atoms with Gasteiger partial charge >= 0.3 is 0 Å². The molecule has 0 bridgehead atoms. The summed E-state index contributed by atoms with van der Waals surface area (Å²) in [6.45, 7) is 4.53. The first-order valence-electron chi connectivity index (χ1n) is 6.60. The Morgan fingerprint density at radius 2 is 2.18 bits per heavy atom. The summed E-state index contributed by atoms with van der Waals surface area (Å²) < 4.78 is 0. The molecule has 3 atom stereocenters. The molecule has 3 nitrogen and oxygen atoms in total. The van der Waals surface area contributed by atoms with Crippen molar-refractivity contribution in [2.45, 2.75) is 58.0 Å². The Kier molecular flexibility index (Phi) is 6.07. The zero-order valence-electron chi connectivity index (χ0n) is 11.0. The van der Waals surface area contributed by atoms with Crippen LogP contribution < -0.4 is 10.6 Å². The van der Waals surface area contributed by atoms with Crippen molar-refractivity contribution in [2.75, 3.05) is 6.54 Å². The van der Waals surface area contributed by atoms with Crippen LogP contribution in [0.25, 0.3) is 0 Å². The van der Waals surface area contributed by atoms with E-state index in [0.717, 1.165) is 5.92 Å². The Balaban J connectivity index is 2.32. The fraction of sp³-hybridized carbons (Fsp3) is 0.786. The van der Waals surface area contributed by atoms with E-state index >= 15 is 0 Å². The molecule has 2 N–H and O–H groups in total. The molecule has 0 aromatic heterocycles. The minimum atomic E-state index is -0.151. The van der Waals surface area contributed by atoms with Crippen LogP contribution >= 0.6 is 0 Å². The van der Waals surface area contributed by atoms with Crippen LogP contribution in [0.15, 0.2) is 0 Å². The first kappa shape index (κ1) is 14.1. The Labute approximate surface area is 105 Å². The summed E-state index contributed by atoms with van der Waals surface area (Å²) >= 11 is 0. The van der Waals surface area contributed by atoms with Crippen molar-refractivity contribution in [1.82, 2.24) is 10.6 Å². The second-order valence-corrected chi connectivity index (χ2v) is 5.12. The zero-order valence-corrected chi connectivity index (χ0v) is 11.0. The highest BCUT2D eigenvalue weighted by Gasteiger charge is 2.20. The van der Waals surface area contributed by atoms with Gasteiger partial charge < -0.3 is 10.6 Å². The average molecular weight is 236 g/mol. The van der Waals surface area contributed by atoms with Gasteiger partial charge in [-0.15, -0.1) is 6.42 Å². The number of hydrogen-bond donors (Lipinski definition) is 2. The largest absolute Gasteiger partial charge is 0.344 e. The predicted molar refractivity (Wildman–Crippen MR) is 70.5 cm³/mol. The van der Waals surface area contributed by atoms with Crippen molar-refractivity contribution >= 4 is 5.91 Å². The maximum atomic E-state index is 11.7. The molecule has 1 rings (SSSR count). The van der Waals surface area contributed by atoms with Crippen LogP contribution in [0.1, 0.15) is 46.0 Å². The molecule has 3 unspecified atom stereocenters. The van der Waals surface area contributed by atoms with Gasteiger partial charge in [-0.3, -0.25) is 4.79 Å². The molecule has 1 saturated carbocycles. The van der Waals surface area contributed by atoms with Crippen LogP contribution in [0.4, 0.5) is 0 Å². The standard InChI is InChI=1S/C14H24N2O/c1-4-10-15-14(17)12(3)16-13-7-5-6-11(2)8-9-13/h1,11-13,16H,5-10H2,2-3H3,(H,15,17). The molecular formula is C14H24N2O. The van der Waals surface area contributed by atoms with Crippen LogP contribution in [0.2, 0.25) is 0 Å². The Morgan fingerprint density at radius 1 is 1.41 bits per heavy atom. The Morgan fingerprint density at radius 3 is 2.88 bits per heavy atom. The van der Waals surface area contributed by atoms with Crippen LogP contribution in [0.5, 0.6) is 0 Å². The molecule has 0 radical (unpaired) electrons. The third-order valence-corrected chi connectivity index (χ3v) is 3.50. The summed E-state index contributed by atoms with van der Waals surface area (Å²) in [5.41, 5.74) is 0. The van der Waals surface area contributed by atoms with Gasteiger partial charge in [0.05, 0.1) is 12.6 Å². The predicted octanol–water partition coefficient (Wildman–Crippen LogP) is 1.68. The van der Waals surface area contributed by atoms with E-state index < -0.39 is 0 Å². The van der Waals surface area contributed by atoms with E-state index in [4.69, 9.17) is 6.42 Å². The quantitative estimate of drug-likeness (QED) is 0.576. The van der Waals surface area contributed by atoms with Gasteiger partial charge in [0, 0.05) is 6.04 Å². The zero-order chi connectivity index (χ0) is 12.7. The van der Waals surface area contributed by atoms with Crippen LogP contribution in [-0.2, 0) is 4.79 Å². The first-order valence-corrected chi connectivity index (χ1v) is 6.60. The molecule has 17 heavy (non-hydrogen) atoms. The van der Waals surface area contributed by atoms with Crippen molar-refractivity contribution in [3.05, 3.63) is 0 Å². The van der Waals surface area contributed by atoms with E-state index in [1.54, 1.807) is 0 Å². The van der Waals surface area contributed by atoms with E-state index in [9.17, 15) is 4.79 Å². The molecule has 96 valence electrons. The van der Waals surface area contributed by atoms with Gasteiger partial charge in [-0.25, -0.2) is 0 Å². The maximum Gasteiger partial charge on any atom is 0.237 e. The molecular weight excluding hydrogens is 212 g/mol. The smallest absolute Gasteiger partial charge is 0.237 e. The van der Waals surface area contributed by atoms with Crippen molar-refractivity contribution in [3.63, 3.8) is 0 Å². The number of terminal acetylenes is 1. The van der Waals surface area contributed by atoms with Crippen LogP contribution in [0, 0.1) is 18.3 Å². The number of hydrogen-bond acceptors (Lipinski definition) is 2. The summed E-state index contributed by atoms with van der Waals surface area (Å²) in [5, 5.41) is 6.12. The fourth-order valence-electron chi connectivity index (χ4n) is 2.37. The lowest BCUT2D eigenvalue weighted by Gasteiger charge is -2.21. The molecule has 0 aliphatic heterocycles. The minimum Gasteiger partial charge on any atom is -0.344 e. The van der Waals surface area contributed by atoms with E-state index in [1.807, 2.05) is 6.92 Å². The molecule has 1 aliphatic carbocycles. The van der Waals surface area contributed by atoms with Gasteiger partial charge in [0.1, 0.15) is 0 Å². The number of carbonyl (C=O) groups is 1. The van der Waals surface area contributed by atoms with Crippen molar-refractivity contribution in [3.8, 4) is 12.3 Å². The second-order valence-electron chi connectivity index (χ2n) is 5.12. The molecule has 0 saturated heterocycles. The lowest BCUT2D eigenvalue weighted by atomic mass is 10.0. The lowest BCUT2D eigenvalue weighted by molar-refractivity contribution is -0.122. The average Bonchev–Trinajstić information content (AvgIpc) is 2.51. The van der Waals surface area contributed by atoms with Crippen molar-refractivity contribution in [2.24, 2.45) is 5.92 Å². The Bertz CT molecular complexity index is 282. The Hall–Kier alpha value is -1.01. The summed E-state index contributed by atoms with van der Waals surface area (Å²) in [4.78, 5) is 11.7. The number of carbonyl (C=O) groups excluding carboxylic acids is 1. The summed E-state index contributed by atoms with van der Waals surface area (Å²) in [6, 6.07) is 0.327. The van der Waals surface area contributed by atoms with Crippen LogP contribution in [-0.4, -0.2) is 24.5 Å². The molecule has 1 aliphatic rings. The summed E-state index contributed by atoms with van der Waals surface area (Å²) in [6.07, 6.45) is 11.3. The highest BCUT2D eigenvalue weighted by Crippen LogP contribution is 2.22. The highest BCUT2D eigenvalue weighted by molar-refractivity contribution is 5.81. The molecule has 0 spiro atoms. The monoisotopic (exact) mass is 236 g/mol. The van der Waals surface area contributed by atoms with Gasteiger partial charge in [0.15, 0.2) is 0 Å².